The number of hydrogen-bond acceptors (Lipinski definition) is 6. The average Bonchev–Trinajstić information content (AvgIpc) is 3.31. The number of morpholine rings is 1. The molecule has 0 bridgehead atoms. The van der Waals surface area contributed by atoms with E-state index in [9.17, 15) is 9.18 Å². The van der Waals surface area contributed by atoms with Crippen LogP contribution in [0, 0.1) is 5.82 Å². The number of benzene rings is 2. The standard InChI is InChI=1S/C25H24ClFN6O2/c26-20-11-18(5-6-21(20)27)31-24-19-12-22(32-25(19)30-15-29-24)17-3-1-16(2-4-17)13-28-23(34)14-33-7-9-35-10-8-33/h1-6,11-12,15H,7-10,13-14H2,(H,28,34)(H2,29,30,31,32). The molecule has 180 valence electrons. The highest BCUT2D eigenvalue weighted by molar-refractivity contribution is 6.31. The quantitative estimate of drug-likeness (QED) is 0.358. The lowest BCUT2D eigenvalue weighted by atomic mass is 10.1. The van der Waals surface area contributed by atoms with Crippen molar-refractivity contribution in [1.29, 1.82) is 0 Å². The maximum absolute atomic E-state index is 13.5. The molecule has 3 N–H and O–H groups in total. The first kappa shape index (κ1) is 23.2. The molecule has 1 amide bonds. The van der Waals surface area contributed by atoms with Crippen molar-refractivity contribution in [3.8, 4) is 11.3 Å². The molecule has 0 saturated carbocycles. The lowest BCUT2D eigenvalue weighted by Gasteiger charge is -2.25. The highest BCUT2D eigenvalue weighted by atomic mass is 35.5. The number of ether oxygens (including phenoxy) is 1. The van der Waals surface area contributed by atoms with Crippen LogP contribution in [0.1, 0.15) is 5.56 Å². The first-order chi connectivity index (χ1) is 17.0. The second-order valence-electron chi connectivity index (χ2n) is 8.28. The normalized spacial score (nSPS) is 14.2. The largest absolute Gasteiger partial charge is 0.379 e. The number of anilines is 2. The number of hydrogen-bond donors (Lipinski definition) is 3. The van der Waals surface area contributed by atoms with Crippen molar-refractivity contribution < 1.29 is 13.9 Å². The Morgan fingerprint density at radius 2 is 1.91 bits per heavy atom. The number of nitrogens with one attached hydrogen (secondary N) is 3. The van der Waals surface area contributed by atoms with Crippen LogP contribution in [0.2, 0.25) is 5.02 Å². The van der Waals surface area contributed by atoms with Crippen LogP contribution >= 0.6 is 11.6 Å². The Morgan fingerprint density at radius 1 is 1.11 bits per heavy atom. The number of aromatic amines is 1. The van der Waals surface area contributed by atoms with E-state index in [4.69, 9.17) is 16.3 Å². The molecular weight excluding hydrogens is 471 g/mol. The van der Waals surface area contributed by atoms with Crippen LogP contribution < -0.4 is 10.6 Å². The van der Waals surface area contributed by atoms with Gasteiger partial charge in [0.25, 0.3) is 0 Å². The van der Waals surface area contributed by atoms with Crippen molar-refractivity contribution in [3.05, 3.63) is 71.3 Å². The van der Waals surface area contributed by atoms with Crippen LogP contribution in [-0.2, 0) is 16.1 Å². The molecule has 2 aromatic heterocycles. The number of aromatic nitrogens is 3. The third kappa shape index (κ3) is 5.59. The predicted molar refractivity (Wildman–Crippen MR) is 133 cm³/mol. The van der Waals surface area contributed by atoms with E-state index < -0.39 is 5.82 Å². The molecule has 8 nitrogen and oxygen atoms in total. The number of H-pyrrole nitrogens is 1. The maximum atomic E-state index is 13.5. The molecule has 3 heterocycles. The Morgan fingerprint density at radius 3 is 2.69 bits per heavy atom. The fraction of sp³-hybridized carbons (Fsp3) is 0.240. The molecule has 10 heteroatoms. The maximum Gasteiger partial charge on any atom is 0.234 e. The zero-order valence-corrected chi connectivity index (χ0v) is 19.6. The van der Waals surface area contributed by atoms with Gasteiger partial charge in [-0.2, -0.15) is 0 Å². The van der Waals surface area contributed by atoms with E-state index in [1.807, 2.05) is 30.3 Å². The van der Waals surface area contributed by atoms with Crippen LogP contribution in [-0.4, -0.2) is 58.6 Å². The summed E-state index contributed by atoms with van der Waals surface area (Å²) in [6, 6.07) is 14.3. The van der Waals surface area contributed by atoms with Gasteiger partial charge in [-0.25, -0.2) is 14.4 Å². The van der Waals surface area contributed by atoms with Gasteiger partial charge in [-0.05, 0) is 35.4 Å². The molecule has 4 aromatic rings. The first-order valence-corrected chi connectivity index (χ1v) is 11.6. The van der Waals surface area contributed by atoms with E-state index in [0.29, 0.717) is 43.5 Å². The molecule has 2 aromatic carbocycles. The molecular formula is C25H24ClFN6O2. The second kappa shape index (κ2) is 10.4. The Hall–Kier alpha value is -3.53. The molecule has 0 unspecified atom stereocenters. The zero-order chi connectivity index (χ0) is 24.2. The van der Waals surface area contributed by atoms with Gasteiger partial charge in [-0.3, -0.25) is 9.69 Å². The summed E-state index contributed by atoms with van der Waals surface area (Å²) in [5, 5.41) is 6.98. The number of carbonyl (C=O) groups excluding carboxylic acids is 1. The van der Waals surface area contributed by atoms with Gasteiger partial charge in [0.1, 0.15) is 23.6 Å². The summed E-state index contributed by atoms with van der Waals surface area (Å²) in [6.45, 7) is 3.77. The SMILES string of the molecule is O=C(CN1CCOCC1)NCc1ccc(-c2cc3c(Nc4ccc(F)c(Cl)c4)ncnc3[nH]2)cc1. The Labute approximate surface area is 206 Å². The van der Waals surface area contributed by atoms with Gasteiger partial charge >= 0.3 is 0 Å². The fourth-order valence-electron chi connectivity index (χ4n) is 3.93. The van der Waals surface area contributed by atoms with Gasteiger partial charge < -0.3 is 20.4 Å². The molecule has 35 heavy (non-hydrogen) atoms. The van der Waals surface area contributed by atoms with Crippen LogP contribution in [0.5, 0.6) is 0 Å². The highest BCUT2D eigenvalue weighted by Gasteiger charge is 2.14. The van der Waals surface area contributed by atoms with Crippen molar-refractivity contribution in [1.82, 2.24) is 25.2 Å². The summed E-state index contributed by atoms with van der Waals surface area (Å²) < 4.78 is 18.8. The summed E-state index contributed by atoms with van der Waals surface area (Å²) in [7, 11) is 0. The van der Waals surface area contributed by atoms with Crippen LogP contribution in [0.15, 0.2) is 54.9 Å². The minimum absolute atomic E-state index is 0.00707. The summed E-state index contributed by atoms with van der Waals surface area (Å²) in [5.74, 6) is 0.113. The number of fused-ring (bicyclic) bond motifs is 1. The zero-order valence-electron chi connectivity index (χ0n) is 18.9. The molecule has 5 rings (SSSR count). The van der Waals surface area contributed by atoms with Crippen molar-refractivity contribution in [2.75, 3.05) is 38.2 Å². The number of rotatable bonds is 7. The van der Waals surface area contributed by atoms with Gasteiger partial charge in [0.2, 0.25) is 5.91 Å². The molecule has 1 aliphatic heterocycles. The van der Waals surface area contributed by atoms with E-state index in [-0.39, 0.29) is 10.9 Å². The average molecular weight is 495 g/mol. The summed E-state index contributed by atoms with van der Waals surface area (Å²) >= 11 is 5.89. The van der Waals surface area contributed by atoms with Gasteiger partial charge in [-0.15, -0.1) is 0 Å². The van der Waals surface area contributed by atoms with Crippen molar-refractivity contribution in [2.24, 2.45) is 0 Å². The first-order valence-electron chi connectivity index (χ1n) is 11.3. The predicted octanol–water partition coefficient (Wildman–Crippen LogP) is 4.11. The summed E-state index contributed by atoms with van der Waals surface area (Å²) in [6.07, 6.45) is 1.46. The van der Waals surface area contributed by atoms with Gasteiger partial charge in [0, 0.05) is 31.0 Å². The highest BCUT2D eigenvalue weighted by Crippen LogP contribution is 2.29. The van der Waals surface area contributed by atoms with Gasteiger partial charge in [-0.1, -0.05) is 35.9 Å². The molecule has 1 fully saturated rings. The molecule has 1 aliphatic rings. The third-order valence-corrected chi connectivity index (χ3v) is 6.12. The molecule has 0 atom stereocenters. The van der Waals surface area contributed by atoms with E-state index in [2.05, 4.69) is 30.5 Å². The van der Waals surface area contributed by atoms with E-state index >= 15 is 0 Å². The van der Waals surface area contributed by atoms with Crippen molar-refractivity contribution in [2.45, 2.75) is 6.54 Å². The Bertz CT molecular complexity index is 1340. The molecule has 0 aliphatic carbocycles. The Balaban J connectivity index is 1.25. The Kier molecular flexibility index (Phi) is 6.89. The van der Waals surface area contributed by atoms with E-state index in [1.54, 1.807) is 6.07 Å². The number of carbonyl (C=O) groups is 1. The van der Waals surface area contributed by atoms with Gasteiger partial charge in [0.15, 0.2) is 0 Å². The van der Waals surface area contributed by atoms with Crippen molar-refractivity contribution >= 4 is 40.0 Å². The second-order valence-corrected chi connectivity index (χ2v) is 8.69. The number of amides is 1. The number of nitrogens with zero attached hydrogens (tertiary/aromatic N) is 3. The topological polar surface area (TPSA) is 95.2 Å². The minimum atomic E-state index is -0.478. The molecule has 1 saturated heterocycles. The molecule has 0 spiro atoms. The molecule has 0 radical (unpaired) electrons. The van der Waals surface area contributed by atoms with E-state index in [1.165, 1.54) is 18.5 Å². The van der Waals surface area contributed by atoms with Crippen LogP contribution in [0.25, 0.3) is 22.3 Å². The van der Waals surface area contributed by atoms with Crippen molar-refractivity contribution in [3.63, 3.8) is 0 Å². The fourth-order valence-corrected chi connectivity index (χ4v) is 4.11. The van der Waals surface area contributed by atoms with Gasteiger partial charge in [0.05, 0.1) is 30.2 Å². The lowest BCUT2D eigenvalue weighted by Crippen LogP contribution is -2.43. The minimum Gasteiger partial charge on any atom is -0.379 e. The van der Waals surface area contributed by atoms with Crippen LogP contribution in [0.4, 0.5) is 15.9 Å². The summed E-state index contributed by atoms with van der Waals surface area (Å²) in [4.78, 5) is 26.3. The summed E-state index contributed by atoms with van der Waals surface area (Å²) in [5.41, 5.74) is 4.16. The van der Waals surface area contributed by atoms with E-state index in [0.717, 1.165) is 35.3 Å². The van der Waals surface area contributed by atoms with Crippen LogP contribution in [0.3, 0.4) is 0 Å². The monoisotopic (exact) mass is 494 g/mol. The lowest BCUT2D eigenvalue weighted by molar-refractivity contribution is -0.123. The smallest absolute Gasteiger partial charge is 0.234 e. The third-order valence-electron chi connectivity index (χ3n) is 5.83. The number of halogens is 2.